The van der Waals surface area contributed by atoms with Crippen LogP contribution in [-0.4, -0.2) is 53.3 Å². The average molecular weight is 436 g/mol. The first kappa shape index (κ1) is 21.2. The number of amides is 3. The zero-order valence-corrected chi connectivity index (χ0v) is 18.2. The second kappa shape index (κ2) is 9.39. The van der Waals surface area contributed by atoms with Gasteiger partial charge in [0.2, 0.25) is 11.8 Å². The maximum atomic E-state index is 13.3. The van der Waals surface area contributed by atoms with Gasteiger partial charge in [-0.2, -0.15) is 11.8 Å². The number of carbonyl (C=O) groups excluding carboxylic acids is 3. The Morgan fingerprint density at radius 1 is 1.16 bits per heavy atom. The molecule has 0 radical (unpaired) electrons. The van der Waals surface area contributed by atoms with Crippen molar-refractivity contribution < 1.29 is 14.4 Å². The van der Waals surface area contributed by atoms with E-state index in [0.29, 0.717) is 36.4 Å². The summed E-state index contributed by atoms with van der Waals surface area (Å²) in [6.07, 6.45) is 6.89. The SMILES string of the molecule is CSCC(=O)NC1CCN2C(=O)c3cc(C=Cc4ccccc4)ccc3NC(=O)C2C1. The summed E-state index contributed by atoms with van der Waals surface area (Å²) in [6, 6.07) is 14.7. The van der Waals surface area contributed by atoms with Gasteiger partial charge in [0, 0.05) is 12.6 Å². The third kappa shape index (κ3) is 4.82. The van der Waals surface area contributed by atoms with Crippen LogP contribution in [0.3, 0.4) is 0 Å². The molecule has 1 saturated heterocycles. The van der Waals surface area contributed by atoms with Crippen LogP contribution >= 0.6 is 11.8 Å². The van der Waals surface area contributed by atoms with Crippen molar-refractivity contribution in [2.45, 2.75) is 24.9 Å². The molecule has 0 aliphatic carbocycles. The first-order valence-electron chi connectivity index (χ1n) is 10.3. The molecule has 2 N–H and O–H groups in total. The van der Waals surface area contributed by atoms with Gasteiger partial charge in [0.1, 0.15) is 6.04 Å². The van der Waals surface area contributed by atoms with Crippen molar-refractivity contribution in [3.8, 4) is 0 Å². The lowest BCUT2D eigenvalue weighted by Crippen LogP contribution is -2.55. The zero-order chi connectivity index (χ0) is 21.8. The van der Waals surface area contributed by atoms with E-state index in [0.717, 1.165) is 11.1 Å². The number of fused-ring (bicyclic) bond motifs is 2. The Hall–Kier alpha value is -3.06. The summed E-state index contributed by atoms with van der Waals surface area (Å²) < 4.78 is 0. The molecule has 2 atom stereocenters. The first-order chi connectivity index (χ1) is 15.0. The molecule has 4 rings (SSSR count). The highest BCUT2D eigenvalue weighted by Gasteiger charge is 2.40. The van der Waals surface area contributed by atoms with E-state index in [1.165, 1.54) is 11.8 Å². The Balaban J connectivity index is 1.53. The van der Waals surface area contributed by atoms with Crippen LogP contribution < -0.4 is 10.6 Å². The normalized spacial score (nSPS) is 20.6. The summed E-state index contributed by atoms with van der Waals surface area (Å²) in [5.74, 6) is -0.00379. The monoisotopic (exact) mass is 435 g/mol. The molecule has 2 heterocycles. The van der Waals surface area contributed by atoms with E-state index >= 15 is 0 Å². The fourth-order valence-corrected chi connectivity index (χ4v) is 4.41. The Labute approximate surface area is 186 Å². The molecule has 7 heteroatoms. The van der Waals surface area contributed by atoms with E-state index in [1.807, 2.05) is 60.9 Å². The Kier molecular flexibility index (Phi) is 6.42. The van der Waals surface area contributed by atoms with Crippen LogP contribution in [0.1, 0.15) is 34.3 Å². The lowest BCUT2D eigenvalue weighted by atomic mass is 9.96. The molecule has 1 fully saturated rings. The minimum absolute atomic E-state index is 0.0376. The lowest BCUT2D eigenvalue weighted by molar-refractivity contribution is -0.123. The van der Waals surface area contributed by atoms with Gasteiger partial charge in [-0.1, -0.05) is 48.6 Å². The van der Waals surface area contributed by atoms with Gasteiger partial charge in [-0.3, -0.25) is 14.4 Å². The zero-order valence-electron chi connectivity index (χ0n) is 17.3. The van der Waals surface area contributed by atoms with Crippen molar-refractivity contribution >= 4 is 47.3 Å². The number of nitrogens with one attached hydrogen (secondary N) is 2. The molecule has 0 bridgehead atoms. The maximum Gasteiger partial charge on any atom is 0.256 e. The smallest absolute Gasteiger partial charge is 0.256 e. The van der Waals surface area contributed by atoms with E-state index in [4.69, 9.17) is 0 Å². The number of thioether (sulfide) groups is 1. The largest absolute Gasteiger partial charge is 0.352 e. The summed E-state index contributed by atoms with van der Waals surface area (Å²) in [6.45, 7) is 0.435. The van der Waals surface area contributed by atoms with Gasteiger partial charge in [0.15, 0.2) is 0 Å². The van der Waals surface area contributed by atoms with Gasteiger partial charge < -0.3 is 15.5 Å². The Morgan fingerprint density at radius 3 is 2.71 bits per heavy atom. The molecule has 2 aromatic rings. The summed E-state index contributed by atoms with van der Waals surface area (Å²) >= 11 is 1.46. The fraction of sp³-hybridized carbons (Fsp3) is 0.292. The summed E-state index contributed by atoms with van der Waals surface area (Å²) in [7, 11) is 0. The summed E-state index contributed by atoms with van der Waals surface area (Å²) in [4.78, 5) is 39.8. The number of hydrogen-bond donors (Lipinski definition) is 2. The van der Waals surface area contributed by atoms with E-state index in [-0.39, 0.29) is 23.8 Å². The Morgan fingerprint density at radius 2 is 1.94 bits per heavy atom. The highest BCUT2D eigenvalue weighted by atomic mass is 32.2. The van der Waals surface area contributed by atoms with Crippen LogP contribution in [0, 0.1) is 0 Å². The van der Waals surface area contributed by atoms with Crippen LogP contribution in [0.2, 0.25) is 0 Å². The van der Waals surface area contributed by atoms with Crippen LogP contribution in [-0.2, 0) is 9.59 Å². The highest BCUT2D eigenvalue weighted by Crippen LogP contribution is 2.29. The fourth-order valence-electron chi connectivity index (χ4n) is 4.07. The van der Waals surface area contributed by atoms with Crippen molar-refractivity contribution in [1.29, 1.82) is 0 Å². The number of nitrogens with zero attached hydrogens (tertiary/aromatic N) is 1. The molecule has 0 aromatic heterocycles. The predicted octanol–water partition coefficient (Wildman–Crippen LogP) is 3.26. The number of piperidine rings is 1. The first-order valence-corrected chi connectivity index (χ1v) is 11.7. The van der Waals surface area contributed by atoms with Crippen molar-refractivity contribution in [2.24, 2.45) is 0 Å². The van der Waals surface area contributed by atoms with Gasteiger partial charge in [0.05, 0.1) is 17.0 Å². The van der Waals surface area contributed by atoms with Crippen LogP contribution in [0.4, 0.5) is 5.69 Å². The Bertz CT molecular complexity index is 1020. The van der Waals surface area contributed by atoms with Gasteiger partial charge in [-0.05, 0) is 42.4 Å². The third-order valence-corrected chi connectivity index (χ3v) is 6.16. The molecule has 2 aromatic carbocycles. The van der Waals surface area contributed by atoms with Gasteiger partial charge >= 0.3 is 0 Å². The number of anilines is 1. The average Bonchev–Trinajstić information content (AvgIpc) is 2.88. The minimum Gasteiger partial charge on any atom is -0.352 e. The molecule has 0 saturated carbocycles. The van der Waals surface area contributed by atoms with Crippen molar-refractivity contribution in [1.82, 2.24) is 10.2 Å². The van der Waals surface area contributed by atoms with E-state index in [2.05, 4.69) is 10.6 Å². The highest BCUT2D eigenvalue weighted by molar-refractivity contribution is 7.99. The lowest BCUT2D eigenvalue weighted by Gasteiger charge is -2.37. The van der Waals surface area contributed by atoms with Crippen LogP contribution in [0.5, 0.6) is 0 Å². The van der Waals surface area contributed by atoms with E-state index < -0.39 is 6.04 Å². The van der Waals surface area contributed by atoms with Gasteiger partial charge in [-0.15, -0.1) is 0 Å². The molecule has 0 spiro atoms. The molecule has 3 amide bonds. The number of benzene rings is 2. The van der Waals surface area contributed by atoms with E-state index in [1.54, 1.807) is 11.0 Å². The standard InChI is InChI=1S/C24H25N3O3S/c1-31-15-22(28)25-18-11-12-27-21(14-18)23(29)26-20-10-9-17(13-19(20)24(27)30)8-7-16-5-3-2-4-6-16/h2-10,13,18,21H,11-12,14-15H2,1H3,(H,25,28)(H,26,29). The van der Waals surface area contributed by atoms with Crippen molar-refractivity contribution in [2.75, 3.05) is 23.9 Å². The maximum absolute atomic E-state index is 13.3. The number of carbonyl (C=O) groups is 3. The number of hydrogen-bond acceptors (Lipinski definition) is 4. The van der Waals surface area contributed by atoms with E-state index in [9.17, 15) is 14.4 Å². The predicted molar refractivity (Wildman–Crippen MR) is 125 cm³/mol. The minimum atomic E-state index is -0.587. The molecule has 31 heavy (non-hydrogen) atoms. The molecular formula is C24H25N3O3S. The number of rotatable bonds is 5. The molecule has 160 valence electrons. The molecule has 2 aliphatic rings. The molecular weight excluding hydrogens is 410 g/mol. The van der Waals surface area contributed by atoms with Gasteiger partial charge in [0.25, 0.3) is 5.91 Å². The second-order valence-electron chi connectivity index (χ2n) is 7.77. The molecule has 2 aliphatic heterocycles. The molecule has 6 nitrogen and oxygen atoms in total. The van der Waals surface area contributed by atoms with Gasteiger partial charge in [-0.25, -0.2) is 0 Å². The second-order valence-corrected chi connectivity index (χ2v) is 8.64. The van der Waals surface area contributed by atoms with Crippen molar-refractivity contribution in [3.05, 3.63) is 65.2 Å². The van der Waals surface area contributed by atoms with Crippen molar-refractivity contribution in [3.63, 3.8) is 0 Å². The quantitative estimate of drug-likeness (QED) is 0.707. The molecule has 2 unspecified atom stereocenters. The topological polar surface area (TPSA) is 78.5 Å². The summed E-state index contributed by atoms with van der Waals surface area (Å²) in [5, 5.41) is 5.89. The van der Waals surface area contributed by atoms with Crippen LogP contribution in [0.25, 0.3) is 12.2 Å². The summed E-state index contributed by atoms with van der Waals surface area (Å²) in [5.41, 5.74) is 2.99. The van der Waals surface area contributed by atoms with Crippen LogP contribution in [0.15, 0.2) is 48.5 Å². The third-order valence-electron chi connectivity index (χ3n) is 5.61.